The molecular formula is C19H39IN4O. The summed E-state index contributed by atoms with van der Waals surface area (Å²) in [6.45, 7) is 8.83. The van der Waals surface area contributed by atoms with E-state index in [1.807, 2.05) is 7.05 Å². The largest absolute Gasteiger partial charge is 0.385 e. The van der Waals surface area contributed by atoms with Gasteiger partial charge < -0.3 is 20.3 Å². The lowest BCUT2D eigenvalue weighted by Crippen LogP contribution is -2.46. The molecule has 0 amide bonds. The lowest BCUT2D eigenvalue weighted by molar-refractivity contribution is 0.138. The molecule has 5 nitrogen and oxygen atoms in total. The Morgan fingerprint density at radius 1 is 1.24 bits per heavy atom. The highest BCUT2D eigenvalue weighted by atomic mass is 127. The molecule has 25 heavy (non-hydrogen) atoms. The topological polar surface area (TPSA) is 48.9 Å². The molecule has 0 spiro atoms. The van der Waals surface area contributed by atoms with Crippen LogP contribution in [0.15, 0.2) is 4.99 Å². The maximum atomic E-state index is 5.33. The minimum Gasteiger partial charge on any atom is -0.385 e. The van der Waals surface area contributed by atoms with E-state index in [0.29, 0.717) is 5.41 Å². The van der Waals surface area contributed by atoms with Crippen LogP contribution in [-0.2, 0) is 4.74 Å². The van der Waals surface area contributed by atoms with Gasteiger partial charge in [-0.15, -0.1) is 24.0 Å². The number of aliphatic imine (C=N–C) groups is 1. The number of piperidine rings is 1. The maximum Gasteiger partial charge on any atom is 0.191 e. The van der Waals surface area contributed by atoms with Crippen molar-refractivity contribution in [3.05, 3.63) is 0 Å². The van der Waals surface area contributed by atoms with Gasteiger partial charge in [0.25, 0.3) is 0 Å². The highest BCUT2D eigenvalue weighted by Gasteiger charge is 2.33. The summed E-state index contributed by atoms with van der Waals surface area (Å²) in [5.74, 6) is 1.71. The van der Waals surface area contributed by atoms with E-state index in [2.05, 4.69) is 27.4 Å². The summed E-state index contributed by atoms with van der Waals surface area (Å²) in [5, 5.41) is 7.16. The van der Waals surface area contributed by atoms with Crippen LogP contribution in [0.4, 0.5) is 0 Å². The van der Waals surface area contributed by atoms with Crippen molar-refractivity contribution in [3.63, 3.8) is 0 Å². The van der Waals surface area contributed by atoms with Crippen LogP contribution in [0.1, 0.15) is 51.9 Å². The normalized spacial score (nSPS) is 24.0. The van der Waals surface area contributed by atoms with Gasteiger partial charge in [0.05, 0.1) is 0 Å². The summed E-state index contributed by atoms with van der Waals surface area (Å²) in [4.78, 5) is 6.99. The van der Waals surface area contributed by atoms with Crippen molar-refractivity contribution in [2.45, 2.75) is 51.9 Å². The molecule has 2 fully saturated rings. The Bertz CT molecular complexity index is 386. The number of rotatable bonds is 8. The van der Waals surface area contributed by atoms with Crippen molar-refractivity contribution in [3.8, 4) is 0 Å². The minimum atomic E-state index is 0. The standard InChI is InChI=1S/C19H38N4O.HI/c1-4-23-12-7-8-17(15-23)14-21-18(20-2)22-16-19(11-13-24-3)9-5-6-10-19;/h17H,4-16H2,1-3H3,(H2,20,21,22);1H. The van der Waals surface area contributed by atoms with Gasteiger partial charge in [-0.2, -0.15) is 0 Å². The summed E-state index contributed by atoms with van der Waals surface area (Å²) in [6.07, 6.45) is 9.15. The number of hydrogen-bond acceptors (Lipinski definition) is 3. The van der Waals surface area contributed by atoms with Crippen LogP contribution in [0.3, 0.4) is 0 Å². The molecule has 6 heteroatoms. The molecule has 1 heterocycles. The van der Waals surface area contributed by atoms with E-state index < -0.39 is 0 Å². The first-order valence-electron chi connectivity index (χ1n) is 9.87. The zero-order valence-electron chi connectivity index (χ0n) is 16.5. The molecule has 1 saturated carbocycles. The Hall–Kier alpha value is -0.0800. The Morgan fingerprint density at radius 2 is 2.00 bits per heavy atom. The number of ether oxygens (including phenoxy) is 1. The Balaban J connectivity index is 0.00000312. The molecule has 1 aliphatic carbocycles. The lowest BCUT2D eigenvalue weighted by Gasteiger charge is -2.33. The van der Waals surface area contributed by atoms with Gasteiger partial charge in [0, 0.05) is 40.4 Å². The summed E-state index contributed by atoms with van der Waals surface area (Å²) in [7, 11) is 3.69. The van der Waals surface area contributed by atoms with E-state index in [-0.39, 0.29) is 24.0 Å². The summed E-state index contributed by atoms with van der Waals surface area (Å²) >= 11 is 0. The zero-order chi connectivity index (χ0) is 17.3. The van der Waals surface area contributed by atoms with E-state index in [0.717, 1.165) is 38.0 Å². The number of hydrogen-bond donors (Lipinski definition) is 2. The SMILES string of the molecule is CCN1CCCC(CNC(=NC)NCC2(CCOC)CCCC2)C1.I. The molecule has 2 aliphatic rings. The monoisotopic (exact) mass is 466 g/mol. The van der Waals surface area contributed by atoms with Crippen LogP contribution < -0.4 is 10.6 Å². The Kier molecular flexibility index (Phi) is 11.3. The van der Waals surface area contributed by atoms with E-state index in [1.165, 1.54) is 58.2 Å². The summed E-state index contributed by atoms with van der Waals surface area (Å²) in [6, 6.07) is 0. The van der Waals surface area contributed by atoms with E-state index >= 15 is 0 Å². The highest BCUT2D eigenvalue weighted by Crippen LogP contribution is 2.40. The number of methoxy groups -OCH3 is 1. The smallest absolute Gasteiger partial charge is 0.191 e. The average molecular weight is 466 g/mol. The average Bonchev–Trinajstić information content (AvgIpc) is 3.09. The van der Waals surface area contributed by atoms with Crippen molar-refractivity contribution >= 4 is 29.9 Å². The molecule has 0 radical (unpaired) electrons. The van der Waals surface area contributed by atoms with Crippen LogP contribution >= 0.6 is 24.0 Å². The number of halogens is 1. The van der Waals surface area contributed by atoms with Crippen LogP contribution in [0.5, 0.6) is 0 Å². The first-order chi connectivity index (χ1) is 11.7. The second-order valence-electron chi connectivity index (χ2n) is 7.66. The van der Waals surface area contributed by atoms with E-state index in [1.54, 1.807) is 7.11 Å². The summed E-state index contributed by atoms with van der Waals surface area (Å²) in [5.41, 5.74) is 0.400. The minimum absolute atomic E-state index is 0. The molecule has 1 atom stereocenters. The summed E-state index contributed by atoms with van der Waals surface area (Å²) < 4.78 is 5.33. The quantitative estimate of drug-likeness (QED) is 0.328. The van der Waals surface area contributed by atoms with Crippen LogP contribution in [0, 0.1) is 11.3 Å². The van der Waals surface area contributed by atoms with Gasteiger partial charge in [0.2, 0.25) is 0 Å². The molecule has 0 aromatic carbocycles. The van der Waals surface area contributed by atoms with Gasteiger partial charge in [0.15, 0.2) is 5.96 Å². The molecule has 148 valence electrons. The van der Waals surface area contributed by atoms with Gasteiger partial charge in [-0.05, 0) is 56.5 Å². The van der Waals surface area contributed by atoms with E-state index in [4.69, 9.17) is 4.74 Å². The fraction of sp³-hybridized carbons (Fsp3) is 0.947. The Morgan fingerprint density at radius 3 is 2.64 bits per heavy atom. The van der Waals surface area contributed by atoms with Gasteiger partial charge in [0.1, 0.15) is 0 Å². The van der Waals surface area contributed by atoms with Crippen LogP contribution in [0.2, 0.25) is 0 Å². The van der Waals surface area contributed by atoms with E-state index in [9.17, 15) is 0 Å². The maximum absolute atomic E-state index is 5.33. The predicted octanol–water partition coefficient (Wildman–Crippen LogP) is 3.10. The number of nitrogens with one attached hydrogen (secondary N) is 2. The number of guanidine groups is 1. The third-order valence-electron chi connectivity index (χ3n) is 5.96. The van der Waals surface area contributed by atoms with Crippen molar-refractivity contribution in [1.29, 1.82) is 0 Å². The van der Waals surface area contributed by atoms with Gasteiger partial charge in [-0.1, -0.05) is 19.8 Å². The Labute approximate surface area is 171 Å². The molecule has 1 saturated heterocycles. The molecule has 1 unspecified atom stereocenters. The third kappa shape index (κ3) is 7.59. The number of likely N-dealkylation sites (tertiary alicyclic amines) is 1. The molecule has 0 aromatic rings. The fourth-order valence-electron chi connectivity index (χ4n) is 4.30. The molecule has 2 N–H and O–H groups in total. The van der Waals surface area contributed by atoms with Crippen molar-refractivity contribution in [2.75, 3.05) is 53.5 Å². The van der Waals surface area contributed by atoms with Gasteiger partial charge >= 0.3 is 0 Å². The third-order valence-corrected chi connectivity index (χ3v) is 5.96. The molecule has 1 aliphatic heterocycles. The first kappa shape index (κ1) is 23.0. The van der Waals surface area contributed by atoms with Crippen LogP contribution in [0.25, 0.3) is 0 Å². The second-order valence-corrected chi connectivity index (χ2v) is 7.66. The molecule has 0 aromatic heterocycles. The lowest BCUT2D eigenvalue weighted by atomic mass is 9.83. The second kappa shape index (κ2) is 12.3. The molecule has 0 bridgehead atoms. The van der Waals surface area contributed by atoms with Gasteiger partial charge in [-0.3, -0.25) is 4.99 Å². The number of nitrogens with zero attached hydrogens (tertiary/aromatic N) is 2. The fourth-order valence-corrected chi connectivity index (χ4v) is 4.30. The van der Waals surface area contributed by atoms with Crippen molar-refractivity contribution < 1.29 is 4.74 Å². The van der Waals surface area contributed by atoms with Crippen LogP contribution in [-0.4, -0.2) is 64.3 Å². The zero-order valence-corrected chi connectivity index (χ0v) is 18.8. The predicted molar refractivity (Wildman–Crippen MR) is 117 cm³/mol. The molecule has 2 rings (SSSR count). The van der Waals surface area contributed by atoms with Crippen molar-refractivity contribution in [2.24, 2.45) is 16.3 Å². The first-order valence-corrected chi connectivity index (χ1v) is 9.87. The van der Waals surface area contributed by atoms with Crippen molar-refractivity contribution in [1.82, 2.24) is 15.5 Å². The molecular weight excluding hydrogens is 427 g/mol. The van der Waals surface area contributed by atoms with Gasteiger partial charge in [-0.25, -0.2) is 0 Å². The highest BCUT2D eigenvalue weighted by molar-refractivity contribution is 14.0.